The number of carbonyl (C=O) groups is 1. The molecule has 2 aliphatic heterocycles. The maximum Gasteiger partial charge on any atom is 0.414 e. The van der Waals surface area contributed by atoms with Gasteiger partial charge in [-0.1, -0.05) is 12.1 Å². The minimum absolute atomic E-state index is 0.190. The Bertz CT molecular complexity index is 864. The maximum absolute atomic E-state index is 13.1. The third kappa shape index (κ3) is 4.42. The molecule has 0 aliphatic carbocycles. The number of anilines is 1. The van der Waals surface area contributed by atoms with Crippen LogP contribution < -0.4 is 9.64 Å². The average Bonchev–Trinajstić information content (AvgIpc) is 3.14. The Labute approximate surface area is 175 Å². The van der Waals surface area contributed by atoms with Crippen LogP contribution in [-0.4, -0.2) is 55.5 Å². The molecule has 2 heterocycles. The number of halogens is 1. The van der Waals surface area contributed by atoms with Crippen LogP contribution in [0.15, 0.2) is 48.5 Å². The van der Waals surface area contributed by atoms with Crippen molar-refractivity contribution in [3.05, 3.63) is 59.9 Å². The summed E-state index contributed by atoms with van der Waals surface area (Å²) in [6.07, 6.45) is 1.46. The molecule has 1 unspecified atom stereocenters. The van der Waals surface area contributed by atoms with Crippen LogP contribution in [0, 0.1) is 5.82 Å². The van der Waals surface area contributed by atoms with Crippen molar-refractivity contribution in [2.45, 2.75) is 31.0 Å². The molecular weight excluding hydrogens is 387 g/mol. The lowest BCUT2D eigenvalue weighted by Crippen LogP contribution is -2.43. The standard InChI is InChI=1S/C23H27FN2O4/c1-29-20-8-2-17(3-9-20)23(28)11-14-25(15-12-23)13-10-21-16-26(22(27)30-21)19-6-4-18(24)5-7-19/h2-9,21,28H,10-16H2,1H3. The summed E-state index contributed by atoms with van der Waals surface area (Å²) >= 11 is 0. The Balaban J connectivity index is 1.26. The first kappa shape index (κ1) is 20.6. The fourth-order valence-electron chi connectivity index (χ4n) is 4.17. The van der Waals surface area contributed by atoms with E-state index < -0.39 is 5.60 Å². The van der Waals surface area contributed by atoms with Crippen molar-refractivity contribution in [3.8, 4) is 5.75 Å². The Hall–Kier alpha value is -2.64. The molecule has 2 saturated heterocycles. The van der Waals surface area contributed by atoms with Gasteiger partial charge in [0, 0.05) is 25.3 Å². The zero-order chi connectivity index (χ0) is 21.1. The lowest BCUT2D eigenvalue weighted by atomic mass is 9.84. The number of piperidine rings is 1. The number of carbonyl (C=O) groups excluding carboxylic acids is 1. The Morgan fingerprint density at radius 1 is 1.13 bits per heavy atom. The second-order valence-corrected chi connectivity index (χ2v) is 7.98. The van der Waals surface area contributed by atoms with Gasteiger partial charge in [-0.15, -0.1) is 0 Å². The van der Waals surface area contributed by atoms with Crippen LogP contribution in [0.2, 0.25) is 0 Å². The van der Waals surface area contributed by atoms with Crippen LogP contribution in [0.4, 0.5) is 14.9 Å². The van der Waals surface area contributed by atoms with Crippen LogP contribution in [0.25, 0.3) is 0 Å². The van der Waals surface area contributed by atoms with Crippen molar-refractivity contribution >= 4 is 11.8 Å². The number of rotatable bonds is 6. The van der Waals surface area contributed by atoms with Gasteiger partial charge >= 0.3 is 6.09 Å². The summed E-state index contributed by atoms with van der Waals surface area (Å²) in [5.41, 5.74) is 0.746. The predicted octanol–water partition coefficient (Wildman–Crippen LogP) is 3.53. The summed E-state index contributed by atoms with van der Waals surface area (Å²) in [5, 5.41) is 11.0. The molecule has 30 heavy (non-hydrogen) atoms. The average molecular weight is 414 g/mol. The van der Waals surface area contributed by atoms with Gasteiger partial charge in [-0.05, 0) is 61.2 Å². The van der Waals surface area contributed by atoms with Crippen molar-refractivity contribution in [1.82, 2.24) is 4.90 Å². The molecular formula is C23H27FN2O4. The fourth-order valence-corrected chi connectivity index (χ4v) is 4.17. The van der Waals surface area contributed by atoms with Crippen LogP contribution >= 0.6 is 0 Å². The van der Waals surface area contributed by atoms with E-state index in [9.17, 15) is 14.3 Å². The lowest BCUT2D eigenvalue weighted by molar-refractivity contribution is -0.0275. The molecule has 0 saturated carbocycles. The molecule has 0 bridgehead atoms. The molecule has 6 nitrogen and oxygen atoms in total. The highest BCUT2D eigenvalue weighted by atomic mass is 19.1. The molecule has 2 aromatic carbocycles. The first-order chi connectivity index (χ1) is 14.5. The predicted molar refractivity (Wildman–Crippen MR) is 111 cm³/mol. The van der Waals surface area contributed by atoms with Gasteiger partial charge in [-0.2, -0.15) is 0 Å². The Morgan fingerprint density at radius 3 is 2.43 bits per heavy atom. The van der Waals surface area contributed by atoms with Crippen LogP contribution in [0.5, 0.6) is 5.75 Å². The van der Waals surface area contributed by atoms with E-state index in [1.807, 2.05) is 24.3 Å². The SMILES string of the molecule is COc1ccc(C2(O)CCN(CCC3CN(c4ccc(F)cc4)C(=O)O3)CC2)cc1. The number of likely N-dealkylation sites (tertiary alicyclic amines) is 1. The molecule has 1 atom stereocenters. The highest BCUT2D eigenvalue weighted by Gasteiger charge is 2.36. The zero-order valence-corrected chi connectivity index (χ0v) is 17.1. The topological polar surface area (TPSA) is 62.2 Å². The highest BCUT2D eigenvalue weighted by Crippen LogP contribution is 2.34. The number of nitrogens with zero attached hydrogens (tertiary/aromatic N) is 2. The van der Waals surface area contributed by atoms with Gasteiger partial charge in [0.25, 0.3) is 0 Å². The van der Waals surface area contributed by atoms with Crippen molar-refractivity contribution < 1.29 is 23.8 Å². The maximum atomic E-state index is 13.1. The summed E-state index contributed by atoms with van der Waals surface area (Å²) in [7, 11) is 1.63. The molecule has 0 aromatic heterocycles. The molecule has 1 amide bonds. The van der Waals surface area contributed by atoms with Crippen LogP contribution in [0.1, 0.15) is 24.8 Å². The van der Waals surface area contributed by atoms with E-state index in [0.717, 1.165) is 37.4 Å². The molecule has 4 rings (SSSR count). The summed E-state index contributed by atoms with van der Waals surface area (Å²) in [5.74, 6) is 0.447. The molecule has 1 N–H and O–H groups in total. The van der Waals surface area contributed by atoms with E-state index in [1.54, 1.807) is 24.1 Å². The van der Waals surface area contributed by atoms with Gasteiger partial charge in [-0.3, -0.25) is 4.90 Å². The third-order valence-corrected chi connectivity index (χ3v) is 6.09. The number of hydrogen-bond acceptors (Lipinski definition) is 5. The van der Waals surface area contributed by atoms with Gasteiger partial charge in [0.15, 0.2) is 0 Å². The lowest BCUT2D eigenvalue weighted by Gasteiger charge is -2.38. The Kier molecular flexibility index (Phi) is 5.92. The molecule has 7 heteroatoms. The van der Waals surface area contributed by atoms with Crippen LogP contribution in [0.3, 0.4) is 0 Å². The number of amides is 1. The van der Waals surface area contributed by atoms with Crippen molar-refractivity contribution in [1.29, 1.82) is 0 Å². The number of cyclic esters (lactones) is 1. The molecule has 2 aliphatic rings. The van der Waals surface area contributed by atoms with Gasteiger partial charge in [0.2, 0.25) is 0 Å². The number of methoxy groups -OCH3 is 1. The van der Waals surface area contributed by atoms with Crippen LogP contribution in [-0.2, 0) is 10.3 Å². The van der Waals surface area contributed by atoms with E-state index in [2.05, 4.69) is 4.90 Å². The Morgan fingerprint density at radius 2 is 1.80 bits per heavy atom. The second kappa shape index (κ2) is 8.62. The van der Waals surface area contributed by atoms with Crippen molar-refractivity contribution in [2.24, 2.45) is 0 Å². The number of ether oxygens (including phenoxy) is 2. The fraction of sp³-hybridized carbons (Fsp3) is 0.435. The first-order valence-electron chi connectivity index (χ1n) is 10.3. The zero-order valence-electron chi connectivity index (χ0n) is 17.1. The smallest absolute Gasteiger partial charge is 0.414 e. The summed E-state index contributed by atoms with van der Waals surface area (Å²) in [6.45, 7) is 2.83. The van der Waals surface area contributed by atoms with Crippen molar-refractivity contribution in [3.63, 3.8) is 0 Å². The minimum Gasteiger partial charge on any atom is -0.497 e. The number of hydrogen-bond donors (Lipinski definition) is 1. The van der Waals surface area contributed by atoms with Gasteiger partial charge < -0.3 is 19.5 Å². The summed E-state index contributed by atoms with van der Waals surface area (Å²) in [6, 6.07) is 13.5. The first-order valence-corrected chi connectivity index (χ1v) is 10.3. The molecule has 2 fully saturated rings. The minimum atomic E-state index is -0.817. The number of benzene rings is 2. The van der Waals surface area contributed by atoms with Crippen molar-refractivity contribution in [2.75, 3.05) is 38.2 Å². The largest absolute Gasteiger partial charge is 0.497 e. The molecule has 2 aromatic rings. The summed E-state index contributed by atoms with van der Waals surface area (Å²) in [4.78, 5) is 16.0. The van der Waals surface area contributed by atoms with E-state index in [4.69, 9.17) is 9.47 Å². The normalized spacial score (nSPS) is 21.5. The summed E-state index contributed by atoms with van der Waals surface area (Å²) < 4.78 is 23.8. The van der Waals surface area contributed by atoms with E-state index in [1.165, 1.54) is 12.1 Å². The molecule has 160 valence electrons. The van der Waals surface area contributed by atoms with Gasteiger partial charge in [0.05, 0.1) is 19.3 Å². The van der Waals surface area contributed by atoms with E-state index in [-0.39, 0.29) is 18.0 Å². The van der Waals surface area contributed by atoms with Gasteiger partial charge in [0.1, 0.15) is 17.7 Å². The van der Waals surface area contributed by atoms with E-state index in [0.29, 0.717) is 25.1 Å². The monoisotopic (exact) mass is 414 g/mol. The highest BCUT2D eigenvalue weighted by molar-refractivity contribution is 5.89. The van der Waals surface area contributed by atoms with Gasteiger partial charge in [-0.25, -0.2) is 9.18 Å². The number of aliphatic hydroxyl groups is 1. The second-order valence-electron chi connectivity index (χ2n) is 7.98. The quantitative estimate of drug-likeness (QED) is 0.784. The molecule has 0 spiro atoms. The molecule has 0 radical (unpaired) electrons. The third-order valence-electron chi connectivity index (χ3n) is 6.09. The van der Waals surface area contributed by atoms with E-state index >= 15 is 0 Å².